The van der Waals surface area contributed by atoms with Crippen LogP contribution in [0.1, 0.15) is 26.2 Å². The predicted molar refractivity (Wildman–Crippen MR) is 57.9 cm³/mol. The van der Waals surface area contributed by atoms with Gasteiger partial charge in [0.05, 0.1) is 5.41 Å². The van der Waals surface area contributed by atoms with Crippen LogP contribution in [0.5, 0.6) is 0 Å². The third-order valence-electron chi connectivity index (χ3n) is 3.42. The zero-order chi connectivity index (χ0) is 11.6. The van der Waals surface area contributed by atoms with Crippen LogP contribution in [-0.4, -0.2) is 43.1 Å². The summed E-state index contributed by atoms with van der Waals surface area (Å²) in [4.78, 5) is 25.3. The van der Waals surface area contributed by atoms with E-state index in [0.29, 0.717) is 39.1 Å². The Kier molecular flexibility index (Phi) is 3.14. The van der Waals surface area contributed by atoms with Crippen molar-refractivity contribution >= 4 is 11.9 Å². The van der Waals surface area contributed by atoms with E-state index in [-0.39, 0.29) is 11.9 Å². The molecule has 2 heterocycles. The molecule has 0 aliphatic carbocycles. The van der Waals surface area contributed by atoms with E-state index in [2.05, 4.69) is 5.32 Å². The Morgan fingerprint density at radius 2 is 2.06 bits per heavy atom. The molecular formula is C11H18N2O3. The van der Waals surface area contributed by atoms with Gasteiger partial charge in [0.2, 0.25) is 5.91 Å². The van der Waals surface area contributed by atoms with E-state index in [0.717, 1.165) is 6.42 Å². The number of carbonyl (C=O) groups excluding carboxylic acids is 2. The lowest BCUT2D eigenvalue weighted by Crippen LogP contribution is -2.62. The number of ether oxygens (including phenoxy) is 1. The highest BCUT2D eigenvalue weighted by atomic mass is 16.5. The van der Waals surface area contributed by atoms with Gasteiger partial charge in [-0.3, -0.25) is 9.69 Å². The van der Waals surface area contributed by atoms with Crippen molar-refractivity contribution in [2.24, 2.45) is 5.41 Å². The van der Waals surface area contributed by atoms with Crippen LogP contribution in [0.25, 0.3) is 0 Å². The average Bonchev–Trinajstić information content (AvgIpc) is 2.32. The fraction of sp³-hybridized carbons (Fsp3) is 0.818. The summed E-state index contributed by atoms with van der Waals surface area (Å²) in [6.07, 6.45) is 2.23. The van der Waals surface area contributed by atoms with Gasteiger partial charge >= 0.3 is 6.03 Å². The van der Waals surface area contributed by atoms with Gasteiger partial charge in [-0.25, -0.2) is 4.79 Å². The van der Waals surface area contributed by atoms with Gasteiger partial charge < -0.3 is 10.1 Å². The Balaban J connectivity index is 2.16. The maximum atomic E-state index is 12.3. The van der Waals surface area contributed by atoms with Crippen LogP contribution in [0.4, 0.5) is 4.79 Å². The molecule has 0 unspecified atom stereocenters. The number of amides is 3. The summed E-state index contributed by atoms with van der Waals surface area (Å²) < 4.78 is 5.28. The first kappa shape index (κ1) is 11.4. The zero-order valence-corrected chi connectivity index (χ0v) is 9.62. The SMILES string of the molecule is CCCN1C(=O)NCC2(CCOCC2)C1=O. The van der Waals surface area contributed by atoms with E-state index in [4.69, 9.17) is 4.74 Å². The third kappa shape index (κ3) is 1.80. The van der Waals surface area contributed by atoms with Crippen molar-refractivity contribution in [3.05, 3.63) is 0 Å². The molecule has 2 aliphatic rings. The molecule has 0 aromatic heterocycles. The highest BCUT2D eigenvalue weighted by Crippen LogP contribution is 2.34. The summed E-state index contributed by atoms with van der Waals surface area (Å²) >= 11 is 0. The molecule has 1 spiro atoms. The number of hydrogen-bond donors (Lipinski definition) is 1. The highest BCUT2D eigenvalue weighted by molar-refractivity contribution is 6.00. The molecule has 3 amide bonds. The Morgan fingerprint density at radius 3 is 2.69 bits per heavy atom. The van der Waals surface area contributed by atoms with Crippen molar-refractivity contribution in [1.29, 1.82) is 0 Å². The largest absolute Gasteiger partial charge is 0.381 e. The number of nitrogens with one attached hydrogen (secondary N) is 1. The lowest BCUT2D eigenvalue weighted by molar-refractivity contribution is -0.146. The molecule has 5 heteroatoms. The molecule has 5 nitrogen and oxygen atoms in total. The van der Waals surface area contributed by atoms with Crippen molar-refractivity contribution in [2.75, 3.05) is 26.3 Å². The third-order valence-corrected chi connectivity index (χ3v) is 3.42. The van der Waals surface area contributed by atoms with E-state index in [1.807, 2.05) is 6.92 Å². The van der Waals surface area contributed by atoms with Crippen molar-refractivity contribution in [3.8, 4) is 0 Å². The van der Waals surface area contributed by atoms with Crippen molar-refractivity contribution < 1.29 is 14.3 Å². The van der Waals surface area contributed by atoms with Crippen molar-refractivity contribution in [3.63, 3.8) is 0 Å². The minimum atomic E-state index is -0.401. The molecule has 16 heavy (non-hydrogen) atoms. The van der Waals surface area contributed by atoms with E-state index in [1.54, 1.807) is 0 Å². The van der Waals surface area contributed by atoms with Gasteiger partial charge in [0.15, 0.2) is 0 Å². The second-order valence-corrected chi connectivity index (χ2v) is 4.51. The first-order valence-electron chi connectivity index (χ1n) is 5.87. The molecule has 2 rings (SSSR count). The topological polar surface area (TPSA) is 58.6 Å². The molecule has 2 fully saturated rings. The summed E-state index contributed by atoms with van der Waals surface area (Å²) in [5.41, 5.74) is -0.401. The normalized spacial score (nSPS) is 24.7. The molecule has 0 radical (unpaired) electrons. The van der Waals surface area contributed by atoms with Gasteiger partial charge in [0.25, 0.3) is 0 Å². The first-order chi connectivity index (χ1) is 7.69. The van der Waals surface area contributed by atoms with Crippen LogP contribution >= 0.6 is 0 Å². The van der Waals surface area contributed by atoms with E-state index in [1.165, 1.54) is 4.90 Å². The molecule has 0 saturated carbocycles. The fourth-order valence-electron chi connectivity index (χ4n) is 2.37. The number of hydrogen-bond acceptors (Lipinski definition) is 3. The molecule has 0 aromatic rings. The van der Waals surface area contributed by atoms with Gasteiger partial charge in [0.1, 0.15) is 0 Å². The highest BCUT2D eigenvalue weighted by Gasteiger charge is 2.47. The molecular weight excluding hydrogens is 208 g/mol. The van der Waals surface area contributed by atoms with Crippen LogP contribution in [0.3, 0.4) is 0 Å². The van der Waals surface area contributed by atoms with Crippen molar-refractivity contribution in [2.45, 2.75) is 26.2 Å². The standard InChI is InChI=1S/C11H18N2O3/c1-2-5-13-9(14)11(8-12-10(13)15)3-6-16-7-4-11/h2-8H2,1H3,(H,12,15). The smallest absolute Gasteiger partial charge is 0.324 e. The summed E-state index contributed by atoms with van der Waals surface area (Å²) in [5.74, 6) is -0.0126. The monoisotopic (exact) mass is 226 g/mol. The van der Waals surface area contributed by atoms with Gasteiger partial charge in [0, 0.05) is 26.3 Å². The van der Waals surface area contributed by atoms with Gasteiger partial charge in [-0.1, -0.05) is 6.92 Å². The van der Waals surface area contributed by atoms with E-state index < -0.39 is 5.41 Å². The molecule has 0 aromatic carbocycles. The lowest BCUT2D eigenvalue weighted by Gasteiger charge is -2.42. The van der Waals surface area contributed by atoms with Crippen molar-refractivity contribution in [1.82, 2.24) is 10.2 Å². The predicted octanol–water partition coefficient (Wildman–Crippen LogP) is 0.745. The summed E-state index contributed by atoms with van der Waals surface area (Å²) in [6.45, 7) is 4.16. The molecule has 0 atom stereocenters. The Bertz CT molecular complexity index is 298. The zero-order valence-electron chi connectivity index (χ0n) is 9.62. The number of urea groups is 1. The van der Waals surface area contributed by atoms with Gasteiger partial charge in [-0.15, -0.1) is 0 Å². The quantitative estimate of drug-likeness (QED) is 0.755. The van der Waals surface area contributed by atoms with E-state index in [9.17, 15) is 9.59 Å². The molecule has 2 saturated heterocycles. The first-order valence-corrected chi connectivity index (χ1v) is 5.87. The second kappa shape index (κ2) is 4.41. The Labute approximate surface area is 95.1 Å². The summed E-state index contributed by atoms with van der Waals surface area (Å²) in [7, 11) is 0. The van der Waals surface area contributed by atoms with Gasteiger partial charge in [-0.2, -0.15) is 0 Å². The van der Waals surface area contributed by atoms with Crippen LogP contribution in [0, 0.1) is 5.41 Å². The lowest BCUT2D eigenvalue weighted by atomic mass is 9.77. The van der Waals surface area contributed by atoms with Crippen LogP contribution in [0.2, 0.25) is 0 Å². The fourth-order valence-corrected chi connectivity index (χ4v) is 2.37. The summed E-state index contributed by atoms with van der Waals surface area (Å²) in [6, 6.07) is -0.246. The molecule has 0 bridgehead atoms. The van der Waals surface area contributed by atoms with Gasteiger partial charge in [-0.05, 0) is 19.3 Å². The summed E-state index contributed by atoms with van der Waals surface area (Å²) in [5, 5.41) is 2.82. The van der Waals surface area contributed by atoms with E-state index >= 15 is 0 Å². The minimum Gasteiger partial charge on any atom is -0.381 e. The Hall–Kier alpha value is -1.10. The number of carbonyl (C=O) groups is 2. The Morgan fingerprint density at radius 1 is 1.38 bits per heavy atom. The molecule has 90 valence electrons. The van der Waals surface area contributed by atoms with Crippen LogP contribution in [0.15, 0.2) is 0 Å². The van der Waals surface area contributed by atoms with Crippen LogP contribution < -0.4 is 5.32 Å². The second-order valence-electron chi connectivity index (χ2n) is 4.51. The maximum absolute atomic E-state index is 12.3. The minimum absolute atomic E-state index is 0.0126. The molecule has 1 N–H and O–H groups in total. The number of rotatable bonds is 2. The number of imide groups is 1. The maximum Gasteiger partial charge on any atom is 0.324 e. The van der Waals surface area contributed by atoms with Crippen LogP contribution in [-0.2, 0) is 9.53 Å². The number of nitrogens with zero attached hydrogens (tertiary/aromatic N) is 1. The molecule has 2 aliphatic heterocycles. The average molecular weight is 226 g/mol.